The van der Waals surface area contributed by atoms with E-state index in [9.17, 15) is 9.90 Å². The molecule has 1 aromatic rings. The number of halogens is 1. The third-order valence-corrected chi connectivity index (χ3v) is 2.71. The molecule has 1 aromatic carbocycles. The number of amides is 1. The van der Waals surface area contributed by atoms with Crippen LogP contribution in [0.2, 0.25) is 5.02 Å². The molecule has 1 unspecified atom stereocenters. The van der Waals surface area contributed by atoms with Gasteiger partial charge in [-0.15, -0.1) is 0 Å². The molecule has 2 aliphatic heterocycles. The number of carbonyl (C=O) groups excluding carboxylic acids is 1. The standard InChI is InChI=1S/C9H7ClN2O4/c10-6-1-3-7(4-2-6)11-5-9(14)8(13)12(11)16-15-9/h1-4,14H,5H2. The van der Waals surface area contributed by atoms with Crippen molar-refractivity contribution in [1.29, 1.82) is 0 Å². The van der Waals surface area contributed by atoms with E-state index in [2.05, 4.69) is 9.88 Å². The highest BCUT2D eigenvalue weighted by Crippen LogP contribution is 2.35. The molecular weight excluding hydrogens is 236 g/mol. The van der Waals surface area contributed by atoms with Crippen LogP contribution in [0.3, 0.4) is 0 Å². The van der Waals surface area contributed by atoms with Gasteiger partial charge in [0.1, 0.15) is 6.54 Å². The molecule has 0 spiro atoms. The predicted molar refractivity (Wildman–Crippen MR) is 52.8 cm³/mol. The number of rotatable bonds is 1. The third kappa shape index (κ3) is 1.21. The fourth-order valence-corrected chi connectivity index (χ4v) is 1.76. The summed E-state index contributed by atoms with van der Waals surface area (Å²) in [5, 5.41) is 12.6. The van der Waals surface area contributed by atoms with Gasteiger partial charge in [-0.3, -0.25) is 4.79 Å². The lowest BCUT2D eigenvalue weighted by Crippen LogP contribution is -2.42. The topological polar surface area (TPSA) is 62.2 Å². The molecule has 0 aliphatic carbocycles. The van der Waals surface area contributed by atoms with Crippen molar-refractivity contribution >= 4 is 23.2 Å². The van der Waals surface area contributed by atoms with Gasteiger partial charge in [0.25, 0.3) is 0 Å². The number of anilines is 1. The van der Waals surface area contributed by atoms with Crippen LogP contribution in [0.5, 0.6) is 0 Å². The molecule has 0 saturated carbocycles. The first-order chi connectivity index (χ1) is 7.60. The first-order valence-electron chi connectivity index (χ1n) is 4.56. The summed E-state index contributed by atoms with van der Waals surface area (Å²) in [5.41, 5.74) is 0.678. The third-order valence-electron chi connectivity index (χ3n) is 2.46. The molecule has 1 atom stereocenters. The quantitative estimate of drug-likeness (QED) is 0.726. The van der Waals surface area contributed by atoms with Crippen LogP contribution >= 0.6 is 11.6 Å². The van der Waals surface area contributed by atoms with Crippen molar-refractivity contribution in [3.8, 4) is 0 Å². The van der Waals surface area contributed by atoms with Crippen LogP contribution in [0.15, 0.2) is 24.3 Å². The summed E-state index contributed by atoms with van der Waals surface area (Å²) in [6.07, 6.45) is 0. The maximum atomic E-state index is 11.5. The lowest BCUT2D eigenvalue weighted by molar-refractivity contribution is -0.450. The number of carbonyl (C=O) groups is 1. The Bertz CT molecular complexity index is 451. The minimum Gasteiger partial charge on any atom is -0.354 e. The monoisotopic (exact) mass is 242 g/mol. The molecule has 2 fully saturated rings. The summed E-state index contributed by atoms with van der Waals surface area (Å²) in [6.45, 7) is -0.00648. The lowest BCUT2D eigenvalue weighted by atomic mass is 10.2. The Kier molecular flexibility index (Phi) is 1.90. The SMILES string of the molecule is O=C1N2OOC1(O)CN2c1ccc(Cl)cc1. The molecule has 2 aliphatic rings. The summed E-state index contributed by atoms with van der Waals surface area (Å²) < 4.78 is 0. The van der Waals surface area contributed by atoms with Gasteiger partial charge in [-0.25, -0.2) is 5.01 Å². The van der Waals surface area contributed by atoms with Crippen molar-refractivity contribution in [3.63, 3.8) is 0 Å². The van der Waals surface area contributed by atoms with Crippen LogP contribution in [0.4, 0.5) is 5.69 Å². The first kappa shape index (κ1) is 9.86. The highest BCUT2D eigenvalue weighted by molar-refractivity contribution is 6.30. The largest absolute Gasteiger partial charge is 0.354 e. The Balaban J connectivity index is 1.94. The number of hydrogen-bond acceptors (Lipinski definition) is 5. The summed E-state index contributed by atoms with van der Waals surface area (Å²) in [7, 11) is 0. The average molecular weight is 243 g/mol. The van der Waals surface area contributed by atoms with Crippen LogP contribution < -0.4 is 5.01 Å². The molecule has 2 heterocycles. The van der Waals surface area contributed by atoms with Crippen molar-refractivity contribution in [2.45, 2.75) is 5.79 Å². The van der Waals surface area contributed by atoms with Crippen molar-refractivity contribution in [1.82, 2.24) is 5.17 Å². The zero-order chi connectivity index (χ0) is 11.3. The van der Waals surface area contributed by atoms with E-state index in [4.69, 9.17) is 11.6 Å². The van der Waals surface area contributed by atoms with E-state index >= 15 is 0 Å². The number of β-amino-alcohol motifs (C(OH)–C–C–N with tert-alkyl or cyclic N) is 1. The van der Waals surface area contributed by atoms with Crippen molar-refractivity contribution in [2.24, 2.45) is 0 Å². The first-order valence-corrected chi connectivity index (χ1v) is 4.94. The molecule has 2 saturated heterocycles. The lowest BCUT2D eigenvalue weighted by Gasteiger charge is -2.28. The maximum Gasteiger partial charge on any atom is 0.334 e. The van der Waals surface area contributed by atoms with Crippen LogP contribution in [-0.2, 0) is 14.7 Å². The molecule has 7 heteroatoms. The van der Waals surface area contributed by atoms with E-state index in [0.717, 1.165) is 5.17 Å². The highest BCUT2D eigenvalue weighted by Gasteiger charge is 2.60. The summed E-state index contributed by atoms with van der Waals surface area (Å²) in [4.78, 5) is 20.6. The molecule has 6 nitrogen and oxygen atoms in total. The van der Waals surface area contributed by atoms with E-state index in [-0.39, 0.29) is 6.54 Å². The maximum absolute atomic E-state index is 11.5. The van der Waals surface area contributed by atoms with Crippen LogP contribution in [0.1, 0.15) is 0 Å². The molecule has 1 N–H and O–H groups in total. The van der Waals surface area contributed by atoms with E-state index in [0.29, 0.717) is 10.7 Å². The van der Waals surface area contributed by atoms with E-state index < -0.39 is 11.7 Å². The van der Waals surface area contributed by atoms with Gasteiger partial charge in [0.2, 0.25) is 0 Å². The van der Waals surface area contributed by atoms with Gasteiger partial charge >= 0.3 is 11.7 Å². The van der Waals surface area contributed by atoms with Crippen molar-refractivity contribution in [3.05, 3.63) is 29.3 Å². The number of nitrogens with zero attached hydrogens (tertiary/aromatic N) is 2. The molecule has 16 heavy (non-hydrogen) atoms. The summed E-state index contributed by atoms with van der Waals surface area (Å²) in [6, 6.07) is 6.78. The number of hydroxylamine groups is 1. The fraction of sp³-hybridized carbons (Fsp3) is 0.222. The van der Waals surface area contributed by atoms with Gasteiger partial charge in [0, 0.05) is 5.02 Å². The molecule has 0 aromatic heterocycles. The molecule has 1 amide bonds. The smallest absolute Gasteiger partial charge is 0.334 e. The number of hydrogen-bond donors (Lipinski definition) is 1. The minimum absolute atomic E-state index is 0.00648. The zero-order valence-corrected chi connectivity index (χ0v) is 8.72. The van der Waals surface area contributed by atoms with Gasteiger partial charge in [-0.1, -0.05) is 21.8 Å². The minimum atomic E-state index is -1.90. The van der Waals surface area contributed by atoms with Gasteiger partial charge < -0.3 is 5.11 Å². The number of fused-ring (bicyclic) bond motifs is 2. The van der Waals surface area contributed by atoms with Crippen molar-refractivity contribution in [2.75, 3.05) is 11.6 Å². The Morgan fingerprint density at radius 1 is 1.38 bits per heavy atom. The number of aliphatic hydroxyl groups is 1. The molecule has 84 valence electrons. The second kappa shape index (κ2) is 3.08. The molecule has 0 radical (unpaired) electrons. The van der Waals surface area contributed by atoms with E-state index in [1.807, 2.05) is 0 Å². The fourth-order valence-electron chi connectivity index (χ4n) is 1.64. The van der Waals surface area contributed by atoms with Gasteiger partial charge in [0.15, 0.2) is 0 Å². The number of benzene rings is 1. The van der Waals surface area contributed by atoms with E-state index in [1.165, 1.54) is 5.01 Å². The Hall–Kier alpha value is -1.34. The Labute approximate surface area is 95.4 Å². The van der Waals surface area contributed by atoms with Gasteiger partial charge in [0.05, 0.1) is 5.69 Å². The highest BCUT2D eigenvalue weighted by atomic mass is 35.5. The van der Waals surface area contributed by atoms with Crippen LogP contribution in [0.25, 0.3) is 0 Å². The van der Waals surface area contributed by atoms with Gasteiger partial charge in [-0.2, -0.15) is 4.89 Å². The molecule has 3 rings (SSSR count). The normalized spacial score (nSPS) is 28.0. The van der Waals surface area contributed by atoms with E-state index in [1.54, 1.807) is 24.3 Å². The molecule has 2 bridgehead atoms. The average Bonchev–Trinajstić information content (AvgIpc) is 2.68. The zero-order valence-electron chi connectivity index (χ0n) is 7.96. The number of hydrazine groups is 1. The summed E-state index contributed by atoms with van der Waals surface area (Å²) in [5.74, 6) is -2.54. The van der Waals surface area contributed by atoms with Gasteiger partial charge in [-0.05, 0) is 24.3 Å². The predicted octanol–water partition coefficient (Wildman–Crippen LogP) is 0.469. The van der Waals surface area contributed by atoms with Crippen molar-refractivity contribution < 1.29 is 19.8 Å². The Morgan fingerprint density at radius 2 is 2.06 bits per heavy atom. The summed E-state index contributed by atoms with van der Waals surface area (Å²) >= 11 is 5.75. The Morgan fingerprint density at radius 3 is 2.56 bits per heavy atom. The second-order valence-corrected chi connectivity index (χ2v) is 3.99. The molecular formula is C9H7ClN2O4. The van der Waals surface area contributed by atoms with Crippen LogP contribution in [0, 0.1) is 0 Å². The van der Waals surface area contributed by atoms with Crippen LogP contribution in [-0.4, -0.2) is 28.5 Å². The second-order valence-electron chi connectivity index (χ2n) is 3.55.